The molecule has 5 aromatic rings. The number of carbonyl (C=O) groups is 1. The molecular formula is C41H38N2O4. The number of nitrogens with zero attached hydrogens (tertiary/aromatic N) is 1. The summed E-state index contributed by atoms with van der Waals surface area (Å²) in [5.41, 5.74) is 11.2. The molecule has 0 atom stereocenters. The summed E-state index contributed by atoms with van der Waals surface area (Å²) in [4.78, 5) is 19.2. The average molecular weight is 623 g/mol. The second-order valence-corrected chi connectivity index (χ2v) is 12.0. The number of hydrogen-bond donors (Lipinski definition) is 1. The number of benzene rings is 4. The van der Waals surface area contributed by atoms with Crippen molar-refractivity contribution in [3.8, 4) is 22.9 Å². The third-order valence-corrected chi connectivity index (χ3v) is 8.87. The maximum absolute atomic E-state index is 14.1. The average Bonchev–Trinajstić information content (AvgIpc) is 3.51. The minimum atomic E-state index is -0.535. The van der Waals surface area contributed by atoms with E-state index in [0.29, 0.717) is 12.2 Å². The number of pyridine rings is 1. The normalized spacial score (nSPS) is 13.6. The molecule has 0 bridgehead atoms. The van der Waals surface area contributed by atoms with Crippen molar-refractivity contribution in [3.05, 3.63) is 154 Å². The molecule has 0 fully saturated rings. The van der Waals surface area contributed by atoms with Gasteiger partial charge in [-0.3, -0.25) is 0 Å². The van der Waals surface area contributed by atoms with Crippen molar-refractivity contribution < 1.29 is 19.0 Å². The topological polar surface area (TPSA) is 69.7 Å². The fourth-order valence-corrected chi connectivity index (χ4v) is 6.46. The van der Waals surface area contributed by atoms with E-state index in [2.05, 4.69) is 30.4 Å². The molecule has 0 saturated carbocycles. The van der Waals surface area contributed by atoms with E-state index in [0.717, 1.165) is 59.4 Å². The Balaban J connectivity index is 1.33. The minimum absolute atomic E-state index is 0.122. The van der Waals surface area contributed by atoms with Gasteiger partial charge in [-0.25, -0.2) is 9.78 Å². The lowest BCUT2D eigenvalue weighted by Gasteiger charge is -2.21. The van der Waals surface area contributed by atoms with E-state index in [4.69, 9.17) is 19.2 Å². The number of fused-ring (bicyclic) bond motifs is 2. The first-order valence-electron chi connectivity index (χ1n) is 16.3. The molecule has 1 aliphatic carbocycles. The Bertz CT molecular complexity index is 1900. The lowest BCUT2D eigenvalue weighted by atomic mass is 9.96. The molecule has 1 aromatic heterocycles. The van der Waals surface area contributed by atoms with Crippen molar-refractivity contribution in [2.45, 2.75) is 46.0 Å². The smallest absolute Gasteiger partial charge is 0.347 e. The fourth-order valence-electron chi connectivity index (χ4n) is 6.46. The van der Waals surface area contributed by atoms with Crippen molar-refractivity contribution in [1.82, 2.24) is 10.3 Å². The van der Waals surface area contributed by atoms with Crippen LogP contribution in [-0.4, -0.2) is 24.0 Å². The number of hydrogen-bond acceptors (Lipinski definition) is 6. The number of esters is 1. The molecule has 0 amide bonds. The molecule has 0 radical (unpaired) electrons. The molecule has 4 aromatic carbocycles. The quantitative estimate of drug-likeness (QED) is 0.150. The lowest BCUT2D eigenvalue weighted by molar-refractivity contribution is 0.0460. The van der Waals surface area contributed by atoms with Crippen LogP contribution < -0.4 is 14.8 Å². The Kier molecular flexibility index (Phi) is 9.11. The van der Waals surface area contributed by atoms with E-state index in [1.165, 1.54) is 22.3 Å². The SMILES string of the molecule is CCc1c(-c2ccc3c(c2)CC2=C3CNCC2)nc(OCc2ccccc2)c(C(=O)OCc2ccccc2)c1OCc1ccccc1. The van der Waals surface area contributed by atoms with Gasteiger partial charge in [0.05, 0.1) is 5.69 Å². The van der Waals surface area contributed by atoms with Gasteiger partial charge in [0.2, 0.25) is 5.88 Å². The van der Waals surface area contributed by atoms with Gasteiger partial charge in [0.15, 0.2) is 5.56 Å². The Morgan fingerprint density at radius 3 is 2.09 bits per heavy atom. The van der Waals surface area contributed by atoms with Gasteiger partial charge in [0.25, 0.3) is 0 Å². The first-order chi connectivity index (χ1) is 23.2. The molecule has 1 N–H and O–H groups in total. The summed E-state index contributed by atoms with van der Waals surface area (Å²) in [6.45, 7) is 4.64. The van der Waals surface area contributed by atoms with Gasteiger partial charge in [-0.15, -0.1) is 0 Å². The molecule has 6 nitrogen and oxygen atoms in total. The van der Waals surface area contributed by atoms with E-state index in [1.54, 1.807) is 0 Å². The summed E-state index contributed by atoms with van der Waals surface area (Å²) in [5.74, 6) is 0.112. The van der Waals surface area contributed by atoms with Crippen LogP contribution in [0.3, 0.4) is 0 Å². The van der Waals surface area contributed by atoms with Gasteiger partial charge in [-0.2, -0.15) is 0 Å². The highest BCUT2D eigenvalue weighted by atomic mass is 16.5. The monoisotopic (exact) mass is 622 g/mol. The highest BCUT2D eigenvalue weighted by Gasteiger charge is 2.30. The summed E-state index contributed by atoms with van der Waals surface area (Å²) in [7, 11) is 0. The summed E-state index contributed by atoms with van der Waals surface area (Å²) in [6, 6.07) is 36.1. The highest BCUT2D eigenvalue weighted by Crippen LogP contribution is 2.42. The van der Waals surface area contributed by atoms with Gasteiger partial charge < -0.3 is 19.5 Å². The molecule has 6 heteroatoms. The van der Waals surface area contributed by atoms with E-state index in [1.807, 2.05) is 91.0 Å². The third kappa shape index (κ3) is 6.69. The van der Waals surface area contributed by atoms with Gasteiger partial charge in [0.1, 0.15) is 25.6 Å². The molecule has 0 unspecified atom stereocenters. The van der Waals surface area contributed by atoms with Crippen molar-refractivity contribution in [2.75, 3.05) is 13.1 Å². The Labute approximate surface area is 276 Å². The van der Waals surface area contributed by atoms with Crippen molar-refractivity contribution in [1.29, 1.82) is 0 Å². The minimum Gasteiger partial charge on any atom is -0.487 e. The van der Waals surface area contributed by atoms with Crippen molar-refractivity contribution >= 4 is 11.5 Å². The Morgan fingerprint density at radius 2 is 1.43 bits per heavy atom. The number of aromatic nitrogens is 1. The maximum Gasteiger partial charge on any atom is 0.347 e. The zero-order valence-electron chi connectivity index (χ0n) is 26.6. The third-order valence-electron chi connectivity index (χ3n) is 8.87. The van der Waals surface area contributed by atoms with E-state index < -0.39 is 5.97 Å². The van der Waals surface area contributed by atoms with Crippen LogP contribution in [0.1, 0.15) is 57.1 Å². The second kappa shape index (κ2) is 14.1. The molecular weight excluding hydrogens is 584 g/mol. The second-order valence-electron chi connectivity index (χ2n) is 12.0. The Hall–Kier alpha value is -5.20. The van der Waals surface area contributed by atoms with E-state index in [-0.39, 0.29) is 31.3 Å². The lowest BCUT2D eigenvalue weighted by Crippen LogP contribution is -2.22. The molecule has 0 saturated heterocycles. The standard InChI is InChI=1S/C41H38N2O4/c1-2-34-38(32-18-19-35-33(23-32)22-31-20-21-42-24-36(31)35)43-40(46-26-29-14-8-4-9-15-29)37(39(34)45-25-28-12-6-3-7-13-28)41(44)47-27-30-16-10-5-11-17-30/h3-19,23,42H,2,20-22,24-27H2,1H3. The predicted molar refractivity (Wildman–Crippen MR) is 184 cm³/mol. The first-order valence-corrected chi connectivity index (χ1v) is 16.3. The summed E-state index contributed by atoms with van der Waals surface area (Å²) >= 11 is 0. The van der Waals surface area contributed by atoms with Crippen LogP contribution in [0.2, 0.25) is 0 Å². The molecule has 7 rings (SSSR count). The van der Waals surface area contributed by atoms with Gasteiger partial charge in [-0.05, 0) is 65.3 Å². The van der Waals surface area contributed by atoms with E-state index in [9.17, 15) is 4.79 Å². The number of carbonyl (C=O) groups excluding carboxylic acids is 1. The largest absolute Gasteiger partial charge is 0.487 e. The summed E-state index contributed by atoms with van der Waals surface area (Å²) < 4.78 is 18.9. The van der Waals surface area contributed by atoms with Crippen LogP contribution >= 0.6 is 0 Å². The van der Waals surface area contributed by atoms with Crippen molar-refractivity contribution in [3.63, 3.8) is 0 Å². The van der Waals surface area contributed by atoms with Crippen LogP contribution in [0.4, 0.5) is 0 Å². The number of ether oxygens (including phenoxy) is 3. The Morgan fingerprint density at radius 1 is 0.787 bits per heavy atom. The van der Waals surface area contributed by atoms with Gasteiger partial charge >= 0.3 is 5.97 Å². The number of nitrogens with one attached hydrogen (secondary N) is 1. The zero-order chi connectivity index (χ0) is 32.0. The molecule has 0 spiro atoms. The predicted octanol–water partition coefficient (Wildman–Crippen LogP) is 8.13. The summed E-state index contributed by atoms with van der Waals surface area (Å²) in [6.07, 6.45) is 2.63. The molecule has 2 aliphatic rings. The van der Waals surface area contributed by atoms with Gasteiger partial charge in [-0.1, -0.05) is 116 Å². The molecule has 2 heterocycles. The van der Waals surface area contributed by atoms with Crippen LogP contribution in [0, 0.1) is 0 Å². The van der Waals surface area contributed by atoms with Crippen LogP contribution in [0.15, 0.2) is 115 Å². The van der Waals surface area contributed by atoms with E-state index >= 15 is 0 Å². The molecule has 236 valence electrons. The van der Waals surface area contributed by atoms with Crippen LogP contribution in [0.5, 0.6) is 11.6 Å². The highest BCUT2D eigenvalue weighted by molar-refractivity contribution is 5.97. The number of rotatable bonds is 11. The fraction of sp³-hybridized carbons (Fsp3) is 0.220. The van der Waals surface area contributed by atoms with Crippen molar-refractivity contribution in [2.24, 2.45) is 0 Å². The van der Waals surface area contributed by atoms with Crippen LogP contribution in [-0.2, 0) is 37.4 Å². The zero-order valence-corrected chi connectivity index (χ0v) is 26.6. The maximum atomic E-state index is 14.1. The van der Waals surface area contributed by atoms with Gasteiger partial charge in [0, 0.05) is 17.7 Å². The van der Waals surface area contributed by atoms with Crippen LogP contribution in [0.25, 0.3) is 16.8 Å². The molecule has 47 heavy (non-hydrogen) atoms. The summed E-state index contributed by atoms with van der Waals surface area (Å²) in [5, 5.41) is 3.52. The molecule has 1 aliphatic heterocycles. The first kappa shape index (κ1) is 30.5.